The third-order valence-corrected chi connectivity index (χ3v) is 6.03. The molecule has 2 amide bonds. The van der Waals surface area contributed by atoms with Crippen LogP contribution in [0.4, 0.5) is 0 Å². The second-order valence-corrected chi connectivity index (χ2v) is 7.86. The van der Waals surface area contributed by atoms with Gasteiger partial charge in [-0.25, -0.2) is 0 Å². The van der Waals surface area contributed by atoms with E-state index < -0.39 is 0 Å². The standard InChI is InChI=1S/C19H26N2O2S/c22-18-13-15(14-21(18)16-7-4-5-8-16)19(23)20-11-6-12-24-17-9-2-1-3-10-17/h1-3,9-10,15-16H,4-8,11-14H2,(H,20,23). The van der Waals surface area contributed by atoms with Crippen molar-refractivity contribution in [2.45, 2.75) is 49.5 Å². The Bertz CT molecular complexity index is 558. The molecule has 130 valence electrons. The fourth-order valence-corrected chi connectivity index (χ4v) is 4.48. The van der Waals surface area contributed by atoms with E-state index in [1.54, 1.807) is 0 Å². The molecule has 0 spiro atoms. The molecule has 24 heavy (non-hydrogen) atoms. The van der Waals surface area contributed by atoms with Crippen LogP contribution in [-0.2, 0) is 9.59 Å². The zero-order valence-corrected chi connectivity index (χ0v) is 14.9. The Kier molecular flexibility index (Phi) is 6.18. The summed E-state index contributed by atoms with van der Waals surface area (Å²) in [6.07, 6.45) is 5.97. The SMILES string of the molecule is O=C(NCCCSc1ccccc1)C1CC(=O)N(C2CCCC2)C1. The fourth-order valence-electron chi connectivity index (χ4n) is 3.61. The Balaban J connectivity index is 1.34. The molecule has 2 fully saturated rings. The molecule has 0 aromatic heterocycles. The smallest absolute Gasteiger partial charge is 0.225 e. The summed E-state index contributed by atoms with van der Waals surface area (Å²) < 4.78 is 0. The highest BCUT2D eigenvalue weighted by atomic mass is 32.2. The van der Waals surface area contributed by atoms with E-state index in [0.717, 1.165) is 25.0 Å². The Morgan fingerprint density at radius 3 is 2.71 bits per heavy atom. The van der Waals surface area contributed by atoms with Gasteiger partial charge in [0.1, 0.15) is 0 Å². The highest BCUT2D eigenvalue weighted by molar-refractivity contribution is 7.99. The van der Waals surface area contributed by atoms with Crippen LogP contribution in [0.3, 0.4) is 0 Å². The lowest BCUT2D eigenvalue weighted by atomic mass is 10.1. The lowest BCUT2D eigenvalue weighted by Crippen LogP contribution is -2.37. The molecule has 4 nitrogen and oxygen atoms in total. The normalized spacial score (nSPS) is 21.4. The summed E-state index contributed by atoms with van der Waals surface area (Å²) in [5, 5.41) is 3.01. The second kappa shape index (κ2) is 8.56. The summed E-state index contributed by atoms with van der Waals surface area (Å²) in [4.78, 5) is 27.7. The van der Waals surface area contributed by atoms with Crippen LogP contribution in [0.2, 0.25) is 0 Å². The van der Waals surface area contributed by atoms with Crippen LogP contribution in [-0.4, -0.2) is 41.6 Å². The van der Waals surface area contributed by atoms with Crippen molar-refractivity contribution in [3.63, 3.8) is 0 Å². The highest BCUT2D eigenvalue weighted by Crippen LogP contribution is 2.29. The average Bonchev–Trinajstić information content (AvgIpc) is 3.24. The topological polar surface area (TPSA) is 49.4 Å². The molecule has 1 atom stereocenters. The molecule has 1 aliphatic carbocycles. The van der Waals surface area contributed by atoms with Crippen molar-refractivity contribution in [1.82, 2.24) is 10.2 Å². The fraction of sp³-hybridized carbons (Fsp3) is 0.579. The number of hydrogen-bond donors (Lipinski definition) is 1. The summed E-state index contributed by atoms with van der Waals surface area (Å²) in [5.74, 6) is 1.05. The van der Waals surface area contributed by atoms with Gasteiger partial charge in [-0.1, -0.05) is 31.0 Å². The van der Waals surface area contributed by atoms with Crippen molar-refractivity contribution >= 4 is 23.6 Å². The molecule has 1 saturated carbocycles. The summed E-state index contributed by atoms with van der Waals surface area (Å²) >= 11 is 1.81. The molecule has 0 bridgehead atoms. The van der Waals surface area contributed by atoms with Gasteiger partial charge in [0.05, 0.1) is 5.92 Å². The van der Waals surface area contributed by atoms with Crippen molar-refractivity contribution in [2.24, 2.45) is 5.92 Å². The predicted octanol–water partition coefficient (Wildman–Crippen LogP) is 3.08. The highest BCUT2D eigenvalue weighted by Gasteiger charge is 2.38. The van der Waals surface area contributed by atoms with Crippen LogP contribution in [0.1, 0.15) is 38.5 Å². The summed E-state index contributed by atoms with van der Waals surface area (Å²) in [7, 11) is 0. The van der Waals surface area contributed by atoms with Gasteiger partial charge in [-0.2, -0.15) is 0 Å². The lowest BCUT2D eigenvalue weighted by molar-refractivity contribution is -0.130. The van der Waals surface area contributed by atoms with Crippen molar-refractivity contribution in [3.8, 4) is 0 Å². The molecule has 1 aliphatic heterocycles. The van der Waals surface area contributed by atoms with Gasteiger partial charge in [0.25, 0.3) is 0 Å². The van der Waals surface area contributed by atoms with Crippen molar-refractivity contribution in [2.75, 3.05) is 18.8 Å². The number of hydrogen-bond acceptors (Lipinski definition) is 3. The van der Waals surface area contributed by atoms with Gasteiger partial charge in [-0.3, -0.25) is 9.59 Å². The van der Waals surface area contributed by atoms with Gasteiger partial charge >= 0.3 is 0 Å². The number of carbonyl (C=O) groups is 2. The van der Waals surface area contributed by atoms with E-state index in [9.17, 15) is 9.59 Å². The van der Waals surface area contributed by atoms with Gasteiger partial charge in [0.15, 0.2) is 0 Å². The summed E-state index contributed by atoms with van der Waals surface area (Å²) in [5.41, 5.74) is 0. The van der Waals surface area contributed by atoms with Gasteiger partial charge in [0, 0.05) is 30.4 Å². The first kappa shape index (κ1) is 17.3. The third kappa shape index (κ3) is 4.53. The Hall–Kier alpha value is -1.49. The number of thioether (sulfide) groups is 1. The number of carbonyl (C=O) groups excluding carboxylic acids is 2. The van der Waals surface area contributed by atoms with Crippen molar-refractivity contribution < 1.29 is 9.59 Å². The van der Waals surface area contributed by atoms with E-state index >= 15 is 0 Å². The Labute approximate surface area is 148 Å². The second-order valence-electron chi connectivity index (χ2n) is 6.69. The molecule has 1 saturated heterocycles. The van der Waals surface area contributed by atoms with Crippen LogP contribution in [0.25, 0.3) is 0 Å². The van der Waals surface area contributed by atoms with Gasteiger partial charge < -0.3 is 10.2 Å². The van der Waals surface area contributed by atoms with Gasteiger partial charge in [0.2, 0.25) is 11.8 Å². The van der Waals surface area contributed by atoms with Crippen LogP contribution in [0.5, 0.6) is 0 Å². The maximum absolute atomic E-state index is 12.3. The zero-order valence-electron chi connectivity index (χ0n) is 14.1. The molecule has 1 N–H and O–H groups in total. The van der Waals surface area contributed by atoms with E-state index in [2.05, 4.69) is 17.4 Å². The molecule has 0 radical (unpaired) electrons. The maximum Gasteiger partial charge on any atom is 0.225 e. The van der Waals surface area contributed by atoms with E-state index in [4.69, 9.17) is 0 Å². The van der Waals surface area contributed by atoms with E-state index in [1.807, 2.05) is 34.9 Å². The quantitative estimate of drug-likeness (QED) is 0.610. The Morgan fingerprint density at radius 1 is 1.21 bits per heavy atom. The number of benzene rings is 1. The van der Waals surface area contributed by atoms with Crippen LogP contribution >= 0.6 is 11.8 Å². The minimum Gasteiger partial charge on any atom is -0.356 e. The van der Waals surface area contributed by atoms with E-state index in [1.165, 1.54) is 17.7 Å². The minimum atomic E-state index is -0.153. The summed E-state index contributed by atoms with van der Waals surface area (Å²) in [6.45, 7) is 1.31. The third-order valence-electron chi connectivity index (χ3n) is 4.93. The lowest BCUT2D eigenvalue weighted by Gasteiger charge is -2.23. The molecular weight excluding hydrogens is 320 g/mol. The van der Waals surface area contributed by atoms with E-state index in [0.29, 0.717) is 25.6 Å². The predicted molar refractivity (Wildman–Crippen MR) is 96.9 cm³/mol. The first-order chi connectivity index (χ1) is 11.7. The number of nitrogens with one attached hydrogen (secondary N) is 1. The molecule has 1 aromatic carbocycles. The maximum atomic E-state index is 12.3. The number of amides is 2. The van der Waals surface area contributed by atoms with Crippen LogP contribution in [0.15, 0.2) is 35.2 Å². The molecular formula is C19H26N2O2S. The van der Waals surface area contributed by atoms with Crippen LogP contribution in [0, 0.1) is 5.92 Å². The molecule has 1 aromatic rings. The monoisotopic (exact) mass is 346 g/mol. The van der Waals surface area contributed by atoms with Crippen LogP contribution < -0.4 is 5.32 Å². The zero-order chi connectivity index (χ0) is 16.8. The molecule has 1 heterocycles. The molecule has 1 unspecified atom stereocenters. The van der Waals surface area contributed by atoms with Gasteiger partial charge in [-0.15, -0.1) is 11.8 Å². The number of rotatable bonds is 7. The molecule has 3 rings (SSSR count). The minimum absolute atomic E-state index is 0.0496. The van der Waals surface area contributed by atoms with Gasteiger partial charge in [-0.05, 0) is 37.1 Å². The summed E-state index contributed by atoms with van der Waals surface area (Å²) in [6, 6.07) is 10.7. The first-order valence-electron chi connectivity index (χ1n) is 8.99. The largest absolute Gasteiger partial charge is 0.356 e. The average molecular weight is 346 g/mol. The number of nitrogens with zero attached hydrogens (tertiary/aromatic N) is 1. The molecule has 5 heteroatoms. The first-order valence-corrected chi connectivity index (χ1v) is 9.97. The number of likely N-dealkylation sites (tertiary alicyclic amines) is 1. The Morgan fingerprint density at radius 2 is 1.96 bits per heavy atom. The van der Waals surface area contributed by atoms with Crippen molar-refractivity contribution in [1.29, 1.82) is 0 Å². The van der Waals surface area contributed by atoms with E-state index in [-0.39, 0.29) is 17.7 Å². The molecule has 2 aliphatic rings. The van der Waals surface area contributed by atoms with Crippen molar-refractivity contribution in [3.05, 3.63) is 30.3 Å².